The molecule has 0 atom stereocenters. The van der Waals surface area contributed by atoms with Gasteiger partial charge < -0.3 is 9.64 Å². The monoisotopic (exact) mass is 504 g/mol. The van der Waals surface area contributed by atoms with E-state index in [1.54, 1.807) is 24.3 Å². The van der Waals surface area contributed by atoms with Gasteiger partial charge in [-0.05, 0) is 60.4 Å². The number of sulfonamides is 1. The van der Waals surface area contributed by atoms with E-state index < -0.39 is 10.0 Å². The molecule has 2 aliphatic rings. The molecule has 2 fully saturated rings. The lowest BCUT2D eigenvalue weighted by Crippen LogP contribution is -2.48. The molecule has 1 aromatic heterocycles. The maximum Gasteiger partial charge on any atom is 0.307 e. The van der Waals surface area contributed by atoms with Gasteiger partial charge in [-0.1, -0.05) is 19.3 Å². The second kappa shape index (κ2) is 11.3. The third kappa shape index (κ3) is 5.87. The van der Waals surface area contributed by atoms with Crippen molar-refractivity contribution in [3.05, 3.63) is 30.6 Å². The molecule has 1 aliphatic carbocycles. The molecular weight excluding hydrogens is 472 g/mol. The predicted octanol–water partition coefficient (Wildman–Crippen LogP) is 1.79. The molecule has 1 saturated heterocycles. The van der Waals surface area contributed by atoms with E-state index in [9.17, 15) is 18.0 Å². The van der Waals surface area contributed by atoms with Crippen molar-refractivity contribution in [2.45, 2.75) is 62.3 Å². The summed E-state index contributed by atoms with van der Waals surface area (Å²) in [5.74, 6) is -0.544. The molecule has 190 valence electrons. The summed E-state index contributed by atoms with van der Waals surface area (Å²) in [6, 6.07) is 6.54. The van der Waals surface area contributed by atoms with Gasteiger partial charge in [0.25, 0.3) is 0 Å². The van der Waals surface area contributed by atoms with Crippen molar-refractivity contribution in [2.75, 3.05) is 26.7 Å². The Bertz CT molecular complexity index is 1090. The Labute approximate surface area is 205 Å². The van der Waals surface area contributed by atoms with Gasteiger partial charge in [0.15, 0.2) is 0 Å². The molecule has 0 bridgehead atoms. The van der Waals surface area contributed by atoms with Crippen LogP contribution in [0.3, 0.4) is 0 Å². The van der Waals surface area contributed by atoms with Crippen molar-refractivity contribution in [3.8, 4) is 5.69 Å². The standard InChI is InChI=1S/C23H32N6O5S/c1-34-22(30)13-16-28(19-5-3-2-4-6-19)23(31)18-11-14-27(15-12-18)35(32,33)21-9-7-20(8-10-21)29-17-24-25-26-29/h7-10,17-19H,2-6,11-16H2,1H3. The largest absolute Gasteiger partial charge is 0.469 e. The number of benzene rings is 1. The fourth-order valence-electron chi connectivity index (χ4n) is 4.96. The smallest absolute Gasteiger partial charge is 0.307 e. The Kier molecular flexibility index (Phi) is 8.11. The number of rotatable bonds is 8. The summed E-state index contributed by atoms with van der Waals surface area (Å²) in [6.45, 7) is 0.911. The maximum atomic E-state index is 13.5. The highest BCUT2D eigenvalue weighted by atomic mass is 32.2. The number of methoxy groups -OCH3 is 1. The number of piperidine rings is 1. The van der Waals surface area contributed by atoms with Gasteiger partial charge in [0.2, 0.25) is 15.9 Å². The Morgan fingerprint density at radius 1 is 1.06 bits per heavy atom. The van der Waals surface area contributed by atoms with Crippen LogP contribution in [-0.2, 0) is 24.3 Å². The van der Waals surface area contributed by atoms with E-state index in [0.717, 1.165) is 25.7 Å². The maximum absolute atomic E-state index is 13.5. The molecule has 1 saturated carbocycles. The van der Waals surface area contributed by atoms with E-state index in [1.807, 2.05) is 4.90 Å². The number of ether oxygens (including phenoxy) is 1. The van der Waals surface area contributed by atoms with Crippen LogP contribution < -0.4 is 0 Å². The first-order valence-electron chi connectivity index (χ1n) is 12.1. The zero-order valence-electron chi connectivity index (χ0n) is 20.0. The topological polar surface area (TPSA) is 128 Å². The van der Waals surface area contributed by atoms with Gasteiger partial charge in [0.05, 0.1) is 24.1 Å². The lowest BCUT2D eigenvalue weighted by atomic mass is 9.91. The van der Waals surface area contributed by atoms with Gasteiger partial charge in [-0.15, -0.1) is 5.10 Å². The van der Waals surface area contributed by atoms with Crippen molar-refractivity contribution in [2.24, 2.45) is 5.92 Å². The summed E-state index contributed by atoms with van der Waals surface area (Å²) >= 11 is 0. The summed E-state index contributed by atoms with van der Waals surface area (Å²) < 4.78 is 34.0. The second-order valence-electron chi connectivity index (χ2n) is 9.08. The third-order valence-corrected chi connectivity index (χ3v) is 8.89. The van der Waals surface area contributed by atoms with Gasteiger partial charge >= 0.3 is 5.97 Å². The highest BCUT2D eigenvalue weighted by Crippen LogP contribution is 2.29. The highest BCUT2D eigenvalue weighted by Gasteiger charge is 2.36. The number of aromatic nitrogens is 4. The van der Waals surface area contributed by atoms with Crippen LogP contribution in [-0.4, -0.2) is 82.5 Å². The minimum absolute atomic E-state index is 0.0312. The van der Waals surface area contributed by atoms with Crippen molar-refractivity contribution in [1.29, 1.82) is 0 Å². The molecule has 0 radical (unpaired) electrons. The molecule has 2 heterocycles. The van der Waals surface area contributed by atoms with Crippen LogP contribution in [0, 0.1) is 5.92 Å². The van der Waals surface area contributed by atoms with Crippen LogP contribution in [0.2, 0.25) is 0 Å². The molecule has 1 aromatic carbocycles. The highest BCUT2D eigenvalue weighted by molar-refractivity contribution is 7.89. The fourth-order valence-corrected chi connectivity index (χ4v) is 6.43. The zero-order valence-corrected chi connectivity index (χ0v) is 20.8. The molecule has 0 N–H and O–H groups in total. The molecule has 1 aliphatic heterocycles. The number of esters is 1. The summed E-state index contributed by atoms with van der Waals surface area (Å²) in [6.07, 6.45) is 7.75. The number of hydrogen-bond acceptors (Lipinski definition) is 8. The van der Waals surface area contributed by atoms with E-state index in [0.29, 0.717) is 25.1 Å². The summed E-state index contributed by atoms with van der Waals surface area (Å²) in [7, 11) is -2.32. The lowest BCUT2D eigenvalue weighted by Gasteiger charge is -2.38. The molecule has 4 rings (SSSR count). The molecule has 0 unspecified atom stereocenters. The van der Waals surface area contributed by atoms with Crippen LogP contribution >= 0.6 is 0 Å². The lowest BCUT2D eigenvalue weighted by molar-refractivity contribution is -0.144. The van der Waals surface area contributed by atoms with Gasteiger partial charge in [-0.3, -0.25) is 9.59 Å². The molecule has 2 aromatic rings. The second-order valence-corrected chi connectivity index (χ2v) is 11.0. The molecule has 12 heteroatoms. The number of nitrogens with zero attached hydrogens (tertiary/aromatic N) is 6. The summed E-state index contributed by atoms with van der Waals surface area (Å²) in [4.78, 5) is 27.3. The Hall–Kier alpha value is -2.86. The van der Waals surface area contributed by atoms with Gasteiger partial charge in [-0.2, -0.15) is 4.31 Å². The third-order valence-electron chi connectivity index (χ3n) is 6.97. The predicted molar refractivity (Wildman–Crippen MR) is 126 cm³/mol. The number of hydrogen-bond donors (Lipinski definition) is 0. The van der Waals surface area contributed by atoms with Gasteiger partial charge in [0, 0.05) is 31.6 Å². The van der Waals surface area contributed by atoms with Crippen LogP contribution in [0.15, 0.2) is 35.5 Å². The summed E-state index contributed by atoms with van der Waals surface area (Å²) in [5, 5.41) is 11.0. The SMILES string of the molecule is COC(=O)CCN(C(=O)C1CCN(S(=O)(=O)c2ccc(-n3cnnn3)cc2)CC1)C1CCCCC1. The number of amides is 1. The van der Waals surface area contributed by atoms with Crippen LogP contribution in [0.25, 0.3) is 5.69 Å². The fraction of sp³-hybridized carbons (Fsp3) is 0.609. The Morgan fingerprint density at radius 2 is 1.74 bits per heavy atom. The van der Waals surface area contributed by atoms with Crippen molar-refractivity contribution >= 4 is 21.9 Å². The van der Waals surface area contributed by atoms with E-state index in [2.05, 4.69) is 15.5 Å². The van der Waals surface area contributed by atoms with E-state index in [4.69, 9.17) is 4.74 Å². The van der Waals surface area contributed by atoms with Crippen molar-refractivity contribution < 1.29 is 22.7 Å². The normalized spacial score (nSPS) is 18.3. The zero-order chi connectivity index (χ0) is 24.8. The number of tetrazole rings is 1. The first-order valence-corrected chi connectivity index (χ1v) is 13.5. The molecule has 1 amide bonds. The minimum atomic E-state index is -3.68. The Morgan fingerprint density at radius 3 is 2.34 bits per heavy atom. The van der Waals surface area contributed by atoms with Crippen LogP contribution in [0.5, 0.6) is 0 Å². The molecular formula is C23H32N6O5S. The minimum Gasteiger partial charge on any atom is -0.469 e. The van der Waals surface area contributed by atoms with Crippen molar-refractivity contribution in [3.63, 3.8) is 0 Å². The molecule has 11 nitrogen and oxygen atoms in total. The summed E-state index contributed by atoms with van der Waals surface area (Å²) in [5.41, 5.74) is 0.660. The van der Waals surface area contributed by atoms with E-state index in [-0.39, 0.29) is 48.2 Å². The molecule has 0 spiro atoms. The Balaban J connectivity index is 1.39. The van der Waals surface area contributed by atoms with Crippen LogP contribution in [0.4, 0.5) is 0 Å². The number of carbonyl (C=O) groups excluding carboxylic acids is 2. The average molecular weight is 505 g/mol. The average Bonchev–Trinajstić information content (AvgIpc) is 3.44. The molecule has 35 heavy (non-hydrogen) atoms. The van der Waals surface area contributed by atoms with E-state index >= 15 is 0 Å². The quantitative estimate of drug-likeness (QED) is 0.498. The first kappa shape index (κ1) is 25.2. The number of carbonyl (C=O) groups is 2. The van der Waals surface area contributed by atoms with Crippen molar-refractivity contribution in [1.82, 2.24) is 29.4 Å². The first-order chi connectivity index (χ1) is 16.9. The van der Waals surface area contributed by atoms with Gasteiger partial charge in [-0.25, -0.2) is 13.1 Å². The van der Waals surface area contributed by atoms with Gasteiger partial charge in [0.1, 0.15) is 6.33 Å². The van der Waals surface area contributed by atoms with Crippen LogP contribution in [0.1, 0.15) is 51.4 Å². The van der Waals surface area contributed by atoms with E-state index in [1.165, 1.54) is 28.8 Å².